The lowest BCUT2D eigenvalue weighted by Crippen LogP contribution is -2.66. The maximum absolute atomic E-state index is 6.00. The van der Waals surface area contributed by atoms with Gasteiger partial charge in [-0.1, -0.05) is 13.8 Å². The normalized spacial score (nSPS) is 28.5. The number of nitrogens with zero attached hydrogens (tertiary/aromatic N) is 3. The molecule has 0 radical (unpaired) electrons. The van der Waals surface area contributed by atoms with Crippen molar-refractivity contribution in [2.75, 3.05) is 53.4 Å². The smallest absolute Gasteiger partial charge is 0.191 e. The summed E-state index contributed by atoms with van der Waals surface area (Å²) in [6.45, 7) is 15.3. The van der Waals surface area contributed by atoms with Crippen LogP contribution in [0.5, 0.6) is 0 Å². The van der Waals surface area contributed by atoms with Gasteiger partial charge in [-0.15, -0.1) is 0 Å². The summed E-state index contributed by atoms with van der Waals surface area (Å²) in [5.41, 5.74) is 0.233. The number of ether oxygens (including phenoxy) is 1. The largest absolute Gasteiger partial charge is 0.378 e. The van der Waals surface area contributed by atoms with Crippen molar-refractivity contribution in [3.05, 3.63) is 0 Å². The number of hydrogen-bond donors (Lipinski definition) is 2. The van der Waals surface area contributed by atoms with E-state index in [1.165, 1.54) is 0 Å². The van der Waals surface area contributed by atoms with Gasteiger partial charge in [0, 0.05) is 63.9 Å². The van der Waals surface area contributed by atoms with Crippen LogP contribution in [0.3, 0.4) is 0 Å². The van der Waals surface area contributed by atoms with E-state index in [-0.39, 0.29) is 5.41 Å². The number of guanidine groups is 1. The topological polar surface area (TPSA) is 52.1 Å². The lowest BCUT2D eigenvalue weighted by Gasteiger charge is -2.55. The Morgan fingerprint density at radius 3 is 2.38 bits per heavy atom. The molecule has 26 heavy (non-hydrogen) atoms. The van der Waals surface area contributed by atoms with E-state index in [0.29, 0.717) is 18.2 Å². The Hall–Kier alpha value is -0.850. The third-order valence-electron chi connectivity index (χ3n) is 6.73. The lowest BCUT2D eigenvalue weighted by atomic mass is 9.58. The van der Waals surface area contributed by atoms with Gasteiger partial charge in [0.1, 0.15) is 0 Å². The fraction of sp³-hybridized carbons (Fsp3) is 0.950. The van der Waals surface area contributed by atoms with Gasteiger partial charge in [-0.2, -0.15) is 0 Å². The van der Waals surface area contributed by atoms with Crippen LogP contribution in [0.2, 0.25) is 0 Å². The molecule has 0 aromatic rings. The Balaban J connectivity index is 1.84. The number of rotatable bonds is 8. The molecule has 1 aliphatic carbocycles. The zero-order valence-electron chi connectivity index (χ0n) is 17.8. The third kappa shape index (κ3) is 4.70. The van der Waals surface area contributed by atoms with Crippen molar-refractivity contribution in [1.82, 2.24) is 20.4 Å². The fourth-order valence-corrected chi connectivity index (χ4v) is 4.58. The molecule has 2 fully saturated rings. The molecule has 1 saturated carbocycles. The highest BCUT2D eigenvalue weighted by molar-refractivity contribution is 5.80. The Bertz CT molecular complexity index is 443. The van der Waals surface area contributed by atoms with Gasteiger partial charge in [-0.25, -0.2) is 0 Å². The average Bonchev–Trinajstić information content (AvgIpc) is 2.65. The van der Waals surface area contributed by atoms with E-state index in [1.54, 1.807) is 0 Å². The van der Waals surface area contributed by atoms with E-state index < -0.39 is 0 Å². The second kappa shape index (κ2) is 9.90. The predicted octanol–water partition coefficient (Wildman–Crippen LogP) is 1.77. The van der Waals surface area contributed by atoms with Crippen LogP contribution in [0.25, 0.3) is 0 Å². The highest BCUT2D eigenvalue weighted by atomic mass is 16.5. The Morgan fingerprint density at radius 2 is 1.85 bits per heavy atom. The fourth-order valence-electron chi connectivity index (χ4n) is 4.58. The van der Waals surface area contributed by atoms with E-state index in [9.17, 15) is 0 Å². The van der Waals surface area contributed by atoms with Gasteiger partial charge in [0.05, 0.1) is 6.10 Å². The molecule has 1 heterocycles. The van der Waals surface area contributed by atoms with E-state index in [4.69, 9.17) is 4.74 Å². The van der Waals surface area contributed by atoms with E-state index >= 15 is 0 Å². The summed E-state index contributed by atoms with van der Waals surface area (Å²) < 4.78 is 6.00. The minimum absolute atomic E-state index is 0.233. The predicted molar refractivity (Wildman–Crippen MR) is 110 cm³/mol. The summed E-state index contributed by atoms with van der Waals surface area (Å²) in [4.78, 5) is 9.44. The van der Waals surface area contributed by atoms with Crippen molar-refractivity contribution in [2.45, 2.75) is 65.1 Å². The van der Waals surface area contributed by atoms with Crippen molar-refractivity contribution in [3.8, 4) is 0 Å². The number of piperazine rings is 1. The first-order valence-electron chi connectivity index (χ1n) is 10.5. The third-order valence-corrected chi connectivity index (χ3v) is 6.73. The molecule has 1 saturated heterocycles. The van der Waals surface area contributed by atoms with E-state index in [1.807, 2.05) is 7.05 Å². The minimum atomic E-state index is 0.233. The lowest BCUT2D eigenvalue weighted by molar-refractivity contribution is -0.133. The van der Waals surface area contributed by atoms with Gasteiger partial charge in [0.25, 0.3) is 0 Å². The minimum Gasteiger partial charge on any atom is -0.378 e. The molecule has 3 unspecified atom stereocenters. The molecule has 2 rings (SSSR count). The molecule has 0 aromatic carbocycles. The number of nitrogens with one attached hydrogen (secondary N) is 2. The maximum atomic E-state index is 6.00. The molecule has 0 bridgehead atoms. The number of likely N-dealkylation sites (N-methyl/N-ethyl adjacent to an activating group) is 1. The van der Waals surface area contributed by atoms with Gasteiger partial charge in [0.15, 0.2) is 5.96 Å². The van der Waals surface area contributed by atoms with Gasteiger partial charge in [-0.05, 0) is 40.2 Å². The molecule has 0 spiro atoms. The summed E-state index contributed by atoms with van der Waals surface area (Å²) in [6, 6.07) is 0.959. The van der Waals surface area contributed by atoms with Crippen molar-refractivity contribution in [2.24, 2.45) is 10.4 Å². The maximum Gasteiger partial charge on any atom is 0.191 e. The monoisotopic (exact) mass is 367 g/mol. The average molecular weight is 368 g/mol. The van der Waals surface area contributed by atoms with Gasteiger partial charge in [0.2, 0.25) is 0 Å². The van der Waals surface area contributed by atoms with Crippen molar-refractivity contribution < 1.29 is 4.74 Å². The molecule has 0 aromatic heterocycles. The van der Waals surface area contributed by atoms with Crippen LogP contribution >= 0.6 is 0 Å². The highest BCUT2D eigenvalue weighted by Crippen LogP contribution is 2.48. The first-order chi connectivity index (χ1) is 12.5. The van der Waals surface area contributed by atoms with Crippen LogP contribution in [0.4, 0.5) is 0 Å². The molecule has 0 amide bonds. The standard InChI is InChI=1S/C20H41N5O/c1-7-20(8-2)17(14-18(20)26-9-3)23-19(21-5)22-15-16(4)25-12-10-24(6)11-13-25/h16-18H,7-15H2,1-6H3,(H2,21,22,23). The summed E-state index contributed by atoms with van der Waals surface area (Å²) in [7, 11) is 4.07. The van der Waals surface area contributed by atoms with Crippen LogP contribution in [0, 0.1) is 5.41 Å². The van der Waals surface area contributed by atoms with Crippen molar-refractivity contribution >= 4 is 5.96 Å². The molecule has 2 aliphatic rings. The first-order valence-corrected chi connectivity index (χ1v) is 10.5. The molecule has 2 N–H and O–H groups in total. The summed E-state index contributed by atoms with van der Waals surface area (Å²) in [6.07, 6.45) is 3.73. The Kier molecular flexibility index (Phi) is 8.17. The molecule has 1 aliphatic heterocycles. The van der Waals surface area contributed by atoms with Crippen LogP contribution in [-0.4, -0.2) is 87.4 Å². The highest BCUT2D eigenvalue weighted by Gasteiger charge is 2.53. The van der Waals surface area contributed by atoms with Crippen molar-refractivity contribution in [1.29, 1.82) is 0 Å². The molecule has 3 atom stereocenters. The van der Waals surface area contributed by atoms with Gasteiger partial charge in [-0.3, -0.25) is 9.89 Å². The van der Waals surface area contributed by atoms with Crippen LogP contribution in [0.1, 0.15) is 47.0 Å². The molecular formula is C20H41N5O. The zero-order valence-corrected chi connectivity index (χ0v) is 17.8. The van der Waals surface area contributed by atoms with Crippen LogP contribution in [0.15, 0.2) is 4.99 Å². The molecule has 6 heteroatoms. The van der Waals surface area contributed by atoms with Crippen LogP contribution in [-0.2, 0) is 4.74 Å². The quantitative estimate of drug-likeness (QED) is 0.506. The van der Waals surface area contributed by atoms with E-state index in [0.717, 1.165) is 64.6 Å². The molecular weight excluding hydrogens is 326 g/mol. The van der Waals surface area contributed by atoms with Gasteiger partial charge >= 0.3 is 0 Å². The Morgan fingerprint density at radius 1 is 1.19 bits per heavy atom. The van der Waals surface area contributed by atoms with Crippen molar-refractivity contribution in [3.63, 3.8) is 0 Å². The SMILES string of the molecule is CCOC1CC(NC(=NC)NCC(C)N2CCN(C)CC2)C1(CC)CC. The Labute approximate surface area is 160 Å². The summed E-state index contributed by atoms with van der Waals surface area (Å²) in [5.74, 6) is 0.928. The second-order valence-electron chi connectivity index (χ2n) is 7.96. The second-order valence-corrected chi connectivity index (χ2v) is 7.96. The molecule has 152 valence electrons. The van der Waals surface area contributed by atoms with E-state index in [2.05, 4.69) is 60.2 Å². The molecule has 6 nitrogen and oxygen atoms in total. The van der Waals surface area contributed by atoms with Crippen LogP contribution < -0.4 is 10.6 Å². The number of hydrogen-bond acceptors (Lipinski definition) is 4. The number of aliphatic imine (C=N–C) groups is 1. The zero-order chi connectivity index (χ0) is 19.2. The first kappa shape index (κ1) is 21.5. The summed E-state index contributed by atoms with van der Waals surface area (Å²) in [5, 5.41) is 7.23. The summed E-state index contributed by atoms with van der Waals surface area (Å²) >= 11 is 0. The van der Waals surface area contributed by atoms with Gasteiger partial charge < -0.3 is 20.3 Å².